The third kappa shape index (κ3) is 2.21. The number of fused-ring (bicyclic) bond motifs is 3. The smallest absolute Gasteiger partial charge is 0.159 e. The van der Waals surface area contributed by atoms with E-state index in [0.717, 1.165) is 32.2 Å². The van der Waals surface area contributed by atoms with Crippen molar-refractivity contribution in [1.29, 1.82) is 0 Å². The van der Waals surface area contributed by atoms with Crippen molar-refractivity contribution in [2.24, 2.45) is 0 Å². The van der Waals surface area contributed by atoms with Crippen LogP contribution in [0.4, 0.5) is 11.6 Å². The molecule has 0 aliphatic carbocycles. The number of nitrogens with one attached hydrogen (secondary N) is 2. The SMILES string of the molecule is Cc1ccc2[nH]c3c(Nc4ccc(Br)cn4)ncnc3c2c1. The zero-order valence-electron chi connectivity index (χ0n) is 11.8. The van der Waals surface area contributed by atoms with Gasteiger partial charge in [0.1, 0.15) is 23.2 Å². The molecule has 0 saturated carbocycles. The molecule has 0 saturated heterocycles. The molecule has 0 bridgehead atoms. The van der Waals surface area contributed by atoms with Gasteiger partial charge in [-0.15, -0.1) is 0 Å². The van der Waals surface area contributed by atoms with Gasteiger partial charge in [0, 0.05) is 21.6 Å². The highest BCUT2D eigenvalue weighted by molar-refractivity contribution is 9.10. The first-order valence-electron chi connectivity index (χ1n) is 6.82. The number of nitrogens with zero attached hydrogens (tertiary/aromatic N) is 3. The molecule has 1 aromatic carbocycles. The number of hydrogen-bond acceptors (Lipinski definition) is 4. The van der Waals surface area contributed by atoms with Gasteiger partial charge in [-0.3, -0.25) is 0 Å². The molecule has 4 aromatic rings. The second kappa shape index (κ2) is 5.06. The summed E-state index contributed by atoms with van der Waals surface area (Å²) in [4.78, 5) is 16.5. The quantitative estimate of drug-likeness (QED) is 0.563. The predicted octanol–water partition coefficient (Wildman–Crippen LogP) is 4.32. The van der Waals surface area contributed by atoms with E-state index in [1.54, 1.807) is 12.5 Å². The van der Waals surface area contributed by atoms with Crippen molar-refractivity contribution in [2.75, 3.05) is 5.32 Å². The molecule has 3 heterocycles. The molecule has 4 rings (SSSR count). The van der Waals surface area contributed by atoms with Gasteiger partial charge in [-0.2, -0.15) is 0 Å². The maximum absolute atomic E-state index is 4.42. The second-order valence-electron chi connectivity index (χ2n) is 5.11. The Kier molecular flexibility index (Phi) is 3.04. The van der Waals surface area contributed by atoms with Gasteiger partial charge in [-0.25, -0.2) is 15.0 Å². The Bertz CT molecular complexity index is 975. The Morgan fingerprint density at radius 3 is 2.82 bits per heavy atom. The molecule has 0 radical (unpaired) electrons. The van der Waals surface area contributed by atoms with E-state index in [1.165, 1.54) is 5.56 Å². The van der Waals surface area contributed by atoms with Gasteiger partial charge < -0.3 is 10.3 Å². The van der Waals surface area contributed by atoms with Gasteiger partial charge in [0.25, 0.3) is 0 Å². The number of aryl methyl sites for hydroxylation is 1. The summed E-state index contributed by atoms with van der Waals surface area (Å²) in [7, 11) is 0. The van der Waals surface area contributed by atoms with Crippen molar-refractivity contribution in [3.63, 3.8) is 0 Å². The van der Waals surface area contributed by atoms with Gasteiger partial charge in [0.05, 0.1) is 0 Å². The highest BCUT2D eigenvalue weighted by Gasteiger charge is 2.11. The fraction of sp³-hybridized carbons (Fsp3) is 0.0625. The first kappa shape index (κ1) is 13.2. The van der Waals surface area contributed by atoms with Crippen molar-refractivity contribution in [3.05, 3.63) is 52.9 Å². The lowest BCUT2D eigenvalue weighted by atomic mass is 10.1. The first-order valence-corrected chi connectivity index (χ1v) is 7.61. The number of benzene rings is 1. The second-order valence-corrected chi connectivity index (χ2v) is 6.02. The molecular weight excluding hydrogens is 342 g/mol. The molecule has 3 aromatic heterocycles. The standard InChI is InChI=1S/C16H12BrN5/c1-9-2-4-12-11(6-9)14-15(21-12)16(20-8-19-14)22-13-5-3-10(17)7-18-13/h2-8,21H,1H3,(H,18,19,20,22). The van der Waals surface area contributed by atoms with Crippen LogP contribution in [0.2, 0.25) is 0 Å². The van der Waals surface area contributed by atoms with Gasteiger partial charge in [0.2, 0.25) is 0 Å². The van der Waals surface area contributed by atoms with E-state index in [4.69, 9.17) is 0 Å². The summed E-state index contributed by atoms with van der Waals surface area (Å²) in [6.45, 7) is 2.07. The number of hydrogen-bond donors (Lipinski definition) is 2. The molecule has 22 heavy (non-hydrogen) atoms. The van der Waals surface area contributed by atoms with Gasteiger partial charge in [0.15, 0.2) is 5.82 Å². The van der Waals surface area contributed by atoms with E-state index in [9.17, 15) is 0 Å². The topological polar surface area (TPSA) is 66.5 Å². The normalized spacial score (nSPS) is 11.2. The van der Waals surface area contributed by atoms with Crippen LogP contribution in [0.3, 0.4) is 0 Å². The van der Waals surface area contributed by atoms with Gasteiger partial charge >= 0.3 is 0 Å². The summed E-state index contributed by atoms with van der Waals surface area (Å²) in [6.07, 6.45) is 3.31. The lowest BCUT2D eigenvalue weighted by Crippen LogP contribution is -1.97. The van der Waals surface area contributed by atoms with Gasteiger partial charge in [-0.05, 0) is 47.1 Å². The minimum Gasteiger partial charge on any atom is -0.350 e. The monoisotopic (exact) mass is 353 g/mol. The highest BCUT2D eigenvalue weighted by atomic mass is 79.9. The molecule has 0 amide bonds. The fourth-order valence-electron chi connectivity index (χ4n) is 2.47. The third-order valence-electron chi connectivity index (χ3n) is 3.51. The number of aromatic amines is 1. The van der Waals surface area contributed by atoms with E-state index in [0.29, 0.717) is 5.82 Å². The lowest BCUT2D eigenvalue weighted by Gasteiger charge is -2.05. The van der Waals surface area contributed by atoms with Crippen LogP contribution in [0.25, 0.3) is 21.9 Å². The van der Waals surface area contributed by atoms with Crippen molar-refractivity contribution >= 4 is 49.5 Å². The third-order valence-corrected chi connectivity index (χ3v) is 3.98. The molecule has 0 atom stereocenters. The summed E-state index contributed by atoms with van der Waals surface area (Å²) in [5.41, 5.74) is 4.05. The van der Waals surface area contributed by atoms with Crippen molar-refractivity contribution in [3.8, 4) is 0 Å². The zero-order valence-corrected chi connectivity index (χ0v) is 13.3. The molecule has 108 valence electrons. The van der Waals surface area contributed by atoms with E-state index < -0.39 is 0 Å². The maximum Gasteiger partial charge on any atom is 0.159 e. The summed E-state index contributed by atoms with van der Waals surface area (Å²) in [5.74, 6) is 1.45. The molecule has 0 spiro atoms. The number of anilines is 2. The highest BCUT2D eigenvalue weighted by Crippen LogP contribution is 2.29. The molecule has 0 unspecified atom stereocenters. The molecule has 6 heteroatoms. The minimum absolute atomic E-state index is 0.716. The number of pyridine rings is 1. The average molecular weight is 354 g/mol. The summed E-state index contributed by atoms with van der Waals surface area (Å²) in [6, 6.07) is 10.1. The molecule has 0 aliphatic heterocycles. The van der Waals surface area contributed by atoms with E-state index in [1.807, 2.05) is 12.1 Å². The molecule has 0 fully saturated rings. The number of halogens is 1. The molecule has 0 aliphatic rings. The zero-order chi connectivity index (χ0) is 15.1. The van der Waals surface area contributed by atoms with Crippen molar-refractivity contribution in [2.45, 2.75) is 6.92 Å². The molecule has 5 nitrogen and oxygen atoms in total. The Balaban J connectivity index is 1.87. The lowest BCUT2D eigenvalue weighted by molar-refractivity contribution is 1.20. The molecular formula is C16H12BrN5. The van der Waals surface area contributed by atoms with Crippen LogP contribution in [0.5, 0.6) is 0 Å². The van der Waals surface area contributed by atoms with E-state index >= 15 is 0 Å². The van der Waals surface area contributed by atoms with Crippen LogP contribution < -0.4 is 5.32 Å². The largest absolute Gasteiger partial charge is 0.350 e. The Morgan fingerprint density at radius 2 is 2.00 bits per heavy atom. The Morgan fingerprint density at radius 1 is 1.09 bits per heavy atom. The summed E-state index contributed by atoms with van der Waals surface area (Å²) >= 11 is 3.38. The van der Waals surface area contributed by atoms with Crippen LogP contribution in [-0.2, 0) is 0 Å². The van der Waals surface area contributed by atoms with Crippen LogP contribution in [0.15, 0.2) is 47.3 Å². The van der Waals surface area contributed by atoms with Crippen LogP contribution in [0.1, 0.15) is 5.56 Å². The summed E-state index contributed by atoms with van der Waals surface area (Å²) in [5, 5.41) is 4.34. The number of aromatic nitrogens is 4. The average Bonchev–Trinajstić information content (AvgIpc) is 2.89. The number of rotatable bonds is 2. The fourth-order valence-corrected chi connectivity index (χ4v) is 2.71. The van der Waals surface area contributed by atoms with Crippen LogP contribution >= 0.6 is 15.9 Å². The Labute approximate surface area is 135 Å². The van der Waals surface area contributed by atoms with Crippen LogP contribution in [0, 0.1) is 6.92 Å². The van der Waals surface area contributed by atoms with E-state index in [2.05, 4.69) is 66.3 Å². The van der Waals surface area contributed by atoms with Crippen molar-refractivity contribution in [1.82, 2.24) is 19.9 Å². The maximum atomic E-state index is 4.42. The molecule has 2 N–H and O–H groups in total. The van der Waals surface area contributed by atoms with Gasteiger partial charge in [-0.1, -0.05) is 11.6 Å². The first-order chi connectivity index (χ1) is 10.7. The number of H-pyrrole nitrogens is 1. The van der Waals surface area contributed by atoms with Crippen molar-refractivity contribution < 1.29 is 0 Å². The minimum atomic E-state index is 0.716. The Hall–Kier alpha value is -2.47. The predicted molar refractivity (Wildman–Crippen MR) is 91.4 cm³/mol. The summed E-state index contributed by atoms with van der Waals surface area (Å²) < 4.78 is 0.937. The van der Waals surface area contributed by atoms with E-state index in [-0.39, 0.29) is 0 Å². The van der Waals surface area contributed by atoms with Crippen LogP contribution in [-0.4, -0.2) is 19.9 Å².